The smallest absolute Gasteiger partial charge is 0.253 e. The maximum atomic E-state index is 12.5. The van der Waals surface area contributed by atoms with Gasteiger partial charge in [-0.1, -0.05) is 18.2 Å². The fourth-order valence-corrected chi connectivity index (χ4v) is 3.03. The maximum absolute atomic E-state index is 12.5. The van der Waals surface area contributed by atoms with E-state index in [1.165, 1.54) is 0 Å². The molecule has 1 aromatic rings. The summed E-state index contributed by atoms with van der Waals surface area (Å²) in [4.78, 5) is 28.7. The largest absolute Gasteiger partial charge is 0.366 e. The Bertz CT molecular complexity index is 543. The van der Waals surface area contributed by atoms with Gasteiger partial charge in [-0.2, -0.15) is 0 Å². The molecule has 2 aliphatic rings. The van der Waals surface area contributed by atoms with E-state index in [0.29, 0.717) is 44.9 Å². The Morgan fingerprint density at radius 2 is 1.78 bits per heavy atom. The third-order valence-corrected chi connectivity index (χ3v) is 4.32. The zero-order chi connectivity index (χ0) is 16.1. The number of hydrogen-bond donors (Lipinski definition) is 1. The highest BCUT2D eigenvalue weighted by Crippen LogP contribution is 2.11. The quantitative estimate of drug-likeness (QED) is 0.855. The summed E-state index contributed by atoms with van der Waals surface area (Å²) in [6, 6.07) is 9.30. The first-order valence-electron chi connectivity index (χ1n) is 8.21. The first kappa shape index (κ1) is 16.0. The summed E-state index contributed by atoms with van der Waals surface area (Å²) in [5.74, 6) is 0.0710. The number of morpholine rings is 1. The van der Waals surface area contributed by atoms with Crippen LogP contribution in [-0.2, 0) is 9.53 Å². The van der Waals surface area contributed by atoms with Crippen LogP contribution in [0, 0.1) is 0 Å². The fraction of sp³-hybridized carbons (Fsp3) is 0.529. The number of rotatable bonds is 2. The summed E-state index contributed by atoms with van der Waals surface area (Å²) in [5, 5.41) is 3.18. The van der Waals surface area contributed by atoms with Gasteiger partial charge in [0.2, 0.25) is 0 Å². The number of carbonyl (C=O) groups is 2. The first-order chi connectivity index (χ1) is 11.3. The molecule has 1 aromatic carbocycles. The van der Waals surface area contributed by atoms with Crippen molar-refractivity contribution in [1.29, 1.82) is 0 Å². The molecule has 6 nitrogen and oxygen atoms in total. The lowest BCUT2D eigenvalue weighted by Crippen LogP contribution is -2.50. The third kappa shape index (κ3) is 3.89. The maximum Gasteiger partial charge on any atom is 0.253 e. The zero-order valence-corrected chi connectivity index (χ0v) is 13.2. The van der Waals surface area contributed by atoms with Gasteiger partial charge in [-0.3, -0.25) is 9.59 Å². The Morgan fingerprint density at radius 3 is 2.52 bits per heavy atom. The van der Waals surface area contributed by atoms with Gasteiger partial charge in [0.1, 0.15) is 6.10 Å². The number of amides is 2. The van der Waals surface area contributed by atoms with Crippen molar-refractivity contribution in [1.82, 2.24) is 15.1 Å². The van der Waals surface area contributed by atoms with Crippen LogP contribution in [0.2, 0.25) is 0 Å². The number of nitrogens with zero attached hydrogens (tertiary/aromatic N) is 2. The van der Waals surface area contributed by atoms with Gasteiger partial charge < -0.3 is 19.9 Å². The highest BCUT2D eigenvalue weighted by atomic mass is 16.5. The normalized spacial score (nSPS) is 22.5. The topological polar surface area (TPSA) is 61.9 Å². The first-order valence-corrected chi connectivity index (χ1v) is 8.21. The van der Waals surface area contributed by atoms with Crippen molar-refractivity contribution in [2.75, 3.05) is 45.9 Å². The molecule has 23 heavy (non-hydrogen) atoms. The van der Waals surface area contributed by atoms with E-state index in [9.17, 15) is 9.59 Å². The molecule has 2 saturated heterocycles. The van der Waals surface area contributed by atoms with E-state index in [2.05, 4.69) is 5.32 Å². The van der Waals surface area contributed by atoms with Crippen molar-refractivity contribution in [2.24, 2.45) is 0 Å². The molecule has 1 atom stereocenters. The molecule has 0 spiro atoms. The van der Waals surface area contributed by atoms with Crippen LogP contribution in [0.4, 0.5) is 0 Å². The highest BCUT2D eigenvalue weighted by molar-refractivity contribution is 5.94. The van der Waals surface area contributed by atoms with Crippen LogP contribution in [-0.4, -0.2) is 73.6 Å². The molecule has 1 N–H and O–H groups in total. The molecular formula is C17H23N3O3. The summed E-state index contributed by atoms with van der Waals surface area (Å²) in [6.45, 7) is 4.43. The molecule has 2 fully saturated rings. The molecule has 124 valence electrons. The minimum absolute atomic E-state index is 0.0335. The molecular weight excluding hydrogens is 294 g/mol. The van der Waals surface area contributed by atoms with Crippen molar-refractivity contribution >= 4 is 11.8 Å². The van der Waals surface area contributed by atoms with Crippen LogP contribution < -0.4 is 5.32 Å². The second-order valence-corrected chi connectivity index (χ2v) is 5.90. The molecule has 0 saturated carbocycles. The highest BCUT2D eigenvalue weighted by Gasteiger charge is 2.29. The Labute approximate surface area is 136 Å². The van der Waals surface area contributed by atoms with Crippen molar-refractivity contribution in [2.45, 2.75) is 12.5 Å². The molecule has 6 heteroatoms. The molecule has 1 unspecified atom stereocenters. The monoisotopic (exact) mass is 317 g/mol. The van der Waals surface area contributed by atoms with Crippen LogP contribution in [0.15, 0.2) is 30.3 Å². The number of hydrogen-bond acceptors (Lipinski definition) is 4. The molecule has 2 amide bonds. The molecule has 2 heterocycles. The van der Waals surface area contributed by atoms with Gasteiger partial charge in [0, 0.05) is 44.8 Å². The van der Waals surface area contributed by atoms with E-state index in [1.807, 2.05) is 40.1 Å². The van der Waals surface area contributed by atoms with Crippen molar-refractivity contribution in [3.8, 4) is 0 Å². The minimum Gasteiger partial charge on any atom is -0.366 e. The lowest BCUT2D eigenvalue weighted by atomic mass is 10.2. The van der Waals surface area contributed by atoms with Gasteiger partial charge in [0.05, 0.1) is 6.61 Å². The Hall–Kier alpha value is -1.92. The van der Waals surface area contributed by atoms with Crippen LogP contribution in [0.25, 0.3) is 0 Å². The van der Waals surface area contributed by atoms with Crippen LogP contribution in [0.5, 0.6) is 0 Å². The zero-order valence-electron chi connectivity index (χ0n) is 13.2. The molecule has 2 aliphatic heterocycles. The van der Waals surface area contributed by atoms with Crippen LogP contribution in [0.3, 0.4) is 0 Å². The van der Waals surface area contributed by atoms with E-state index in [-0.39, 0.29) is 17.9 Å². The van der Waals surface area contributed by atoms with E-state index in [0.717, 1.165) is 13.0 Å². The summed E-state index contributed by atoms with van der Waals surface area (Å²) in [6.07, 6.45) is 0.407. The van der Waals surface area contributed by atoms with E-state index >= 15 is 0 Å². The number of ether oxygens (including phenoxy) is 1. The van der Waals surface area contributed by atoms with Crippen molar-refractivity contribution < 1.29 is 14.3 Å². The number of nitrogens with one attached hydrogen (secondary N) is 1. The summed E-state index contributed by atoms with van der Waals surface area (Å²) in [7, 11) is 0. The molecule has 0 aliphatic carbocycles. The lowest BCUT2D eigenvalue weighted by molar-refractivity contribution is -0.145. The van der Waals surface area contributed by atoms with E-state index in [4.69, 9.17) is 4.74 Å². The summed E-state index contributed by atoms with van der Waals surface area (Å²) in [5.41, 5.74) is 0.701. The SMILES string of the molecule is O=C(c1ccccc1)N1CCCN(C(=O)C2CNCCO2)CC1. The summed E-state index contributed by atoms with van der Waals surface area (Å²) < 4.78 is 5.54. The number of benzene rings is 1. The second kappa shape index (κ2) is 7.57. The van der Waals surface area contributed by atoms with Gasteiger partial charge in [-0.25, -0.2) is 0 Å². The fourth-order valence-electron chi connectivity index (χ4n) is 3.03. The predicted molar refractivity (Wildman–Crippen MR) is 86.2 cm³/mol. The third-order valence-electron chi connectivity index (χ3n) is 4.32. The number of carbonyl (C=O) groups excluding carboxylic acids is 2. The average molecular weight is 317 g/mol. The Kier molecular flexibility index (Phi) is 5.25. The molecule has 0 radical (unpaired) electrons. The van der Waals surface area contributed by atoms with Crippen LogP contribution in [0.1, 0.15) is 16.8 Å². The molecule has 0 bridgehead atoms. The van der Waals surface area contributed by atoms with Gasteiger partial charge in [0.15, 0.2) is 0 Å². The van der Waals surface area contributed by atoms with Gasteiger partial charge >= 0.3 is 0 Å². The predicted octanol–water partition coefficient (Wildman–Crippen LogP) is 0.350. The molecule has 3 rings (SSSR count). The van der Waals surface area contributed by atoms with Crippen molar-refractivity contribution in [3.05, 3.63) is 35.9 Å². The van der Waals surface area contributed by atoms with Gasteiger partial charge in [-0.05, 0) is 18.6 Å². The van der Waals surface area contributed by atoms with Crippen molar-refractivity contribution in [3.63, 3.8) is 0 Å². The standard InChI is InChI=1S/C17H23N3O3/c21-16(14-5-2-1-3-6-14)19-8-4-9-20(11-10-19)17(22)15-13-18-7-12-23-15/h1-3,5-6,15,18H,4,7-13H2. The Morgan fingerprint density at radius 1 is 1.04 bits per heavy atom. The van der Waals surface area contributed by atoms with Gasteiger partial charge in [-0.15, -0.1) is 0 Å². The van der Waals surface area contributed by atoms with Crippen LogP contribution >= 0.6 is 0 Å². The second-order valence-electron chi connectivity index (χ2n) is 5.90. The van der Waals surface area contributed by atoms with E-state index < -0.39 is 0 Å². The minimum atomic E-state index is -0.389. The Balaban J connectivity index is 1.58. The average Bonchev–Trinajstić information content (AvgIpc) is 2.88. The van der Waals surface area contributed by atoms with Gasteiger partial charge in [0.25, 0.3) is 11.8 Å². The van der Waals surface area contributed by atoms with E-state index in [1.54, 1.807) is 0 Å². The lowest BCUT2D eigenvalue weighted by Gasteiger charge is -2.29. The molecule has 0 aromatic heterocycles. The summed E-state index contributed by atoms with van der Waals surface area (Å²) >= 11 is 0.